The van der Waals surface area contributed by atoms with Gasteiger partial charge in [-0.05, 0) is 74.1 Å². The Labute approximate surface area is 151 Å². The number of nitrogens with one attached hydrogen (secondary N) is 1. The second-order valence-corrected chi connectivity index (χ2v) is 7.72. The Morgan fingerprint density at radius 3 is 2.42 bits per heavy atom. The number of aryl methyl sites for hydroxylation is 1. The maximum atomic E-state index is 12.8. The third kappa shape index (κ3) is 3.78. The van der Waals surface area contributed by atoms with E-state index in [-0.39, 0.29) is 12.4 Å². The maximum Gasteiger partial charge on any atom is 0.222 e. The van der Waals surface area contributed by atoms with Crippen LogP contribution in [-0.2, 0) is 17.6 Å². The van der Waals surface area contributed by atoms with Crippen molar-refractivity contribution in [1.82, 2.24) is 10.2 Å². The normalized spacial score (nSPS) is 29.2. The molecule has 24 heavy (non-hydrogen) atoms. The molecule has 0 saturated carbocycles. The minimum atomic E-state index is 0. The minimum Gasteiger partial charge on any atom is -0.343 e. The van der Waals surface area contributed by atoms with Crippen LogP contribution >= 0.6 is 12.4 Å². The average molecular weight is 349 g/mol. The molecule has 3 atom stereocenters. The minimum absolute atomic E-state index is 0. The van der Waals surface area contributed by atoms with Crippen LogP contribution in [0.1, 0.15) is 36.8 Å². The second kappa shape index (κ2) is 7.88. The molecule has 132 valence electrons. The lowest BCUT2D eigenvalue weighted by molar-refractivity contribution is -0.132. The van der Waals surface area contributed by atoms with Crippen LogP contribution in [0.25, 0.3) is 0 Å². The van der Waals surface area contributed by atoms with E-state index < -0.39 is 0 Å². The number of carbonyl (C=O) groups excluding carboxylic acids is 1. The molecule has 2 aliphatic heterocycles. The third-order valence-corrected chi connectivity index (χ3v) is 6.28. The summed E-state index contributed by atoms with van der Waals surface area (Å²) in [6.45, 7) is 4.27. The van der Waals surface area contributed by atoms with E-state index in [1.807, 2.05) is 0 Å². The predicted molar refractivity (Wildman–Crippen MR) is 99.5 cm³/mol. The highest BCUT2D eigenvalue weighted by Crippen LogP contribution is 2.30. The van der Waals surface area contributed by atoms with Gasteiger partial charge in [-0.1, -0.05) is 24.3 Å². The molecule has 3 aliphatic rings. The topological polar surface area (TPSA) is 32.3 Å². The van der Waals surface area contributed by atoms with Crippen molar-refractivity contribution in [1.29, 1.82) is 0 Å². The highest BCUT2D eigenvalue weighted by Gasteiger charge is 2.32. The van der Waals surface area contributed by atoms with Crippen LogP contribution in [0.4, 0.5) is 0 Å². The van der Waals surface area contributed by atoms with Crippen molar-refractivity contribution in [3.05, 3.63) is 35.4 Å². The fourth-order valence-electron chi connectivity index (χ4n) is 4.79. The number of fused-ring (bicyclic) bond motifs is 2. The Hall–Kier alpha value is -1.06. The van der Waals surface area contributed by atoms with Gasteiger partial charge >= 0.3 is 0 Å². The van der Waals surface area contributed by atoms with Crippen LogP contribution < -0.4 is 5.32 Å². The molecule has 1 aromatic carbocycles. The van der Waals surface area contributed by atoms with E-state index in [4.69, 9.17) is 0 Å². The first-order valence-corrected chi connectivity index (χ1v) is 9.35. The van der Waals surface area contributed by atoms with Gasteiger partial charge in [-0.15, -0.1) is 12.4 Å². The molecule has 0 aromatic heterocycles. The van der Waals surface area contributed by atoms with Gasteiger partial charge in [-0.2, -0.15) is 0 Å². The number of carbonyl (C=O) groups is 1. The van der Waals surface area contributed by atoms with E-state index in [0.717, 1.165) is 57.3 Å². The van der Waals surface area contributed by atoms with Crippen molar-refractivity contribution in [3.63, 3.8) is 0 Å². The van der Waals surface area contributed by atoms with Crippen molar-refractivity contribution in [3.8, 4) is 0 Å². The lowest BCUT2D eigenvalue weighted by Crippen LogP contribution is -2.34. The van der Waals surface area contributed by atoms with Crippen LogP contribution in [0.3, 0.4) is 0 Å². The first-order valence-electron chi connectivity index (χ1n) is 9.35. The Morgan fingerprint density at radius 2 is 1.71 bits per heavy atom. The average Bonchev–Trinajstić information content (AvgIpc) is 2.93. The molecule has 1 unspecified atom stereocenters. The number of nitrogens with zero attached hydrogens (tertiary/aromatic N) is 1. The summed E-state index contributed by atoms with van der Waals surface area (Å²) in [7, 11) is 0. The summed E-state index contributed by atoms with van der Waals surface area (Å²) in [5, 5.41) is 3.51. The summed E-state index contributed by atoms with van der Waals surface area (Å²) in [5.74, 6) is 2.55. The molecule has 0 bridgehead atoms. The molecule has 0 radical (unpaired) electrons. The van der Waals surface area contributed by atoms with Crippen LogP contribution in [0.2, 0.25) is 0 Å². The number of benzene rings is 1. The summed E-state index contributed by atoms with van der Waals surface area (Å²) < 4.78 is 0. The fraction of sp³-hybridized carbons (Fsp3) is 0.650. The van der Waals surface area contributed by atoms with E-state index in [0.29, 0.717) is 11.8 Å². The third-order valence-electron chi connectivity index (χ3n) is 6.28. The van der Waals surface area contributed by atoms with Gasteiger partial charge in [0.05, 0.1) is 0 Å². The van der Waals surface area contributed by atoms with Gasteiger partial charge in [-0.25, -0.2) is 0 Å². The Morgan fingerprint density at radius 1 is 1.04 bits per heavy atom. The van der Waals surface area contributed by atoms with Gasteiger partial charge in [0.1, 0.15) is 0 Å². The Balaban J connectivity index is 0.00000169. The number of hydrogen-bond donors (Lipinski definition) is 1. The lowest BCUT2D eigenvalue weighted by Gasteiger charge is -2.27. The van der Waals surface area contributed by atoms with Gasteiger partial charge in [0, 0.05) is 19.5 Å². The summed E-state index contributed by atoms with van der Waals surface area (Å²) in [4.78, 5) is 14.9. The molecular weight excluding hydrogens is 320 g/mol. The smallest absolute Gasteiger partial charge is 0.222 e. The van der Waals surface area contributed by atoms with E-state index >= 15 is 0 Å². The highest BCUT2D eigenvalue weighted by molar-refractivity contribution is 5.85. The fourth-order valence-corrected chi connectivity index (χ4v) is 4.79. The van der Waals surface area contributed by atoms with Crippen molar-refractivity contribution in [2.24, 2.45) is 17.8 Å². The van der Waals surface area contributed by atoms with Crippen molar-refractivity contribution >= 4 is 18.3 Å². The van der Waals surface area contributed by atoms with E-state index in [9.17, 15) is 4.79 Å². The van der Waals surface area contributed by atoms with E-state index in [1.54, 1.807) is 0 Å². The zero-order valence-corrected chi connectivity index (χ0v) is 15.2. The quantitative estimate of drug-likeness (QED) is 0.890. The largest absolute Gasteiger partial charge is 0.343 e. The lowest BCUT2D eigenvalue weighted by atomic mass is 9.82. The Kier molecular flexibility index (Phi) is 5.83. The van der Waals surface area contributed by atoms with Gasteiger partial charge in [0.15, 0.2) is 0 Å². The molecule has 4 rings (SSSR count). The van der Waals surface area contributed by atoms with Gasteiger partial charge < -0.3 is 10.2 Å². The van der Waals surface area contributed by atoms with Gasteiger partial charge in [0.2, 0.25) is 5.91 Å². The molecule has 1 N–H and O–H groups in total. The molecular formula is C20H29ClN2O. The number of likely N-dealkylation sites (tertiary alicyclic amines) is 1. The van der Waals surface area contributed by atoms with Crippen LogP contribution in [0.15, 0.2) is 24.3 Å². The molecule has 1 aliphatic carbocycles. The predicted octanol–water partition coefficient (Wildman–Crippen LogP) is 3.06. The maximum absolute atomic E-state index is 12.8. The summed E-state index contributed by atoms with van der Waals surface area (Å²) in [6.07, 6.45) is 6.54. The van der Waals surface area contributed by atoms with Crippen molar-refractivity contribution in [2.45, 2.75) is 38.5 Å². The molecule has 2 saturated heterocycles. The molecule has 1 amide bonds. The van der Waals surface area contributed by atoms with Gasteiger partial charge in [-0.3, -0.25) is 4.79 Å². The zero-order chi connectivity index (χ0) is 15.6. The molecule has 2 fully saturated rings. The number of rotatable bonds is 2. The van der Waals surface area contributed by atoms with Crippen molar-refractivity contribution < 1.29 is 4.79 Å². The second-order valence-electron chi connectivity index (χ2n) is 7.72. The standard InChI is InChI=1S/C20H28N2O.ClH/c23-20(22-9-7-18-13-21-14-19(18)8-10-22)12-15-5-6-16-3-1-2-4-17(16)11-15;/h1-4,15,18-19,21H,5-14H2;1H/t15?,18-,19+;. The SMILES string of the molecule is Cl.O=C(CC1CCc2ccccc2C1)N1CC[C@@H]2CNC[C@@H]2CC1. The summed E-state index contributed by atoms with van der Waals surface area (Å²) in [5.41, 5.74) is 2.96. The summed E-state index contributed by atoms with van der Waals surface area (Å²) in [6, 6.07) is 8.75. The molecule has 3 nitrogen and oxygen atoms in total. The molecule has 1 aromatic rings. The monoisotopic (exact) mass is 348 g/mol. The zero-order valence-electron chi connectivity index (χ0n) is 14.4. The first-order chi connectivity index (χ1) is 11.3. The molecule has 0 spiro atoms. The number of halogens is 1. The molecule has 2 heterocycles. The highest BCUT2D eigenvalue weighted by atomic mass is 35.5. The van der Waals surface area contributed by atoms with E-state index in [1.165, 1.54) is 30.4 Å². The van der Waals surface area contributed by atoms with Crippen LogP contribution in [0, 0.1) is 17.8 Å². The number of amides is 1. The van der Waals surface area contributed by atoms with Crippen LogP contribution in [0.5, 0.6) is 0 Å². The Bertz CT molecular complexity index is 563. The van der Waals surface area contributed by atoms with Crippen LogP contribution in [-0.4, -0.2) is 37.0 Å². The summed E-state index contributed by atoms with van der Waals surface area (Å²) >= 11 is 0. The molecule has 4 heteroatoms. The first kappa shape index (κ1) is 17.8. The van der Waals surface area contributed by atoms with Crippen molar-refractivity contribution in [2.75, 3.05) is 26.2 Å². The van der Waals surface area contributed by atoms with Gasteiger partial charge in [0.25, 0.3) is 0 Å². The number of hydrogen-bond acceptors (Lipinski definition) is 2. The van der Waals surface area contributed by atoms with E-state index in [2.05, 4.69) is 34.5 Å².